The van der Waals surface area contributed by atoms with Crippen molar-refractivity contribution in [3.05, 3.63) is 41.5 Å². The van der Waals surface area contributed by atoms with Crippen LogP contribution in [0.25, 0.3) is 11.3 Å². The third-order valence-electron chi connectivity index (χ3n) is 4.54. The van der Waals surface area contributed by atoms with E-state index in [-0.39, 0.29) is 17.6 Å². The van der Waals surface area contributed by atoms with Gasteiger partial charge in [0.15, 0.2) is 0 Å². The Morgan fingerprint density at radius 1 is 1.37 bits per heavy atom. The summed E-state index contributed by atoms with van der Waals surface area (Å²) in [5, 5.41) is 8.92. The van der Waals surface area contributed by atoms with E-state index in [2.05, 4.69) is 9.97 Å². The zero-order chi connectivity index (χ0) is 19.6. The average Bonchev–Trinajstić information content (AvgIpc) is 2.67. The zero-order valence-corrected chi connectivity index (χ0v) is 14.7. The second kappa shape index (κ2) is 7.56. The Hall–Kier alpha value is -3.23. The van der Waals surface area contributed by atoms with E-state index in [9.17, 15) is 14.0 Å². The Kier molecular flexibility index (Phi) is 5.20. The first kappa shape index (κ1) is 18.6. The van der Waals surface area contributed by atoms with Crippen molar-refractivity contribution in [1.82, 2.24) is 14.9 Å². The summed E-state index contributed by atoms with van der Waals surface area (Å²) in [6.07, 6.45) is 3.59. The number of benzene rings is 1. The van der Waals surface area contributed by atoms with E-state index in [1.165, 1.54) is 19.4 Å². The van der Waals surface area contributed by atoms with Gasteiger partial charge in [0.25, 0.3) is 0 Å². The van der Waals surface area contributed by atoms with Crippen molar-refractivity contribution >= 4 is 17.9 Å². The normalized spacial score (nSPS) is 16.8. The van der Waals surface area contributed by atoms with Crippen LogP contribution < -0.4 is 5.73 Å². The molecule has 1 saturated heterocycles. The highest BCUT2D eigenvalue weighted by molar-refractivity contribution is 5.88. The number of likely N-dealkylation sites (tertiary alicyclic amines) is 1. The van der Waals surface area contributed by atoms with Crippen LogP contribution in [0.5, 0.6) is 0 Å². The second-order valence-electron chi connectivity index (χ2n) is 6.20. The number of methoxy groups -OCH3 is 1. The molecule has 1 aliphatic rings. The molecule has 0 radical (unpaired) electrons. The van der Waals surface area contributed by atoms with Crippen LogP contribution in [0.1, 0.15) is 41.4 Å². The molecule has 0 aliphatic carbocycles. The maximum Gasteiger partial charge on any atom is 0.410 e. The lowest BCUT2D eigenvalue weighted by Gasteiger charge is -2.34. The predicted molar refractivity (Wildman–Crippen MR) is 94.5 cm³/mol. The highest BCUT2D eigenvalue weighted by Crippen LogP contribution is 2.32. The number of carboxylic acid groups (broad SMARTS) is 1. The molecule has 1 aliphatic heterocycles. The lowest BCUT2D eigenvalue weighted by atomic mass is 10.00. The summed E-state index contributed by atoms with van der Waals surface area (Å²) in [4.78, 5) is 33.1. The zero-order valence-electron chi connectivity index (χ0n) is 14.7. The molecule has 1 atom stereocenters. The summed E-state index contributed by atoms with van der Waals surface area (Å²) in [5.74, 6) is -2.16. The monoisotopic (exact) mass is 374 g/mol. The minimum Gasteiger partial charge on any atom is -0.478 e. The van der Waals surface area contributed by atoms with E-state index in [1.54, 1.807) is 4.90 Å². The molecule has 1 aromatic heterocycles. The molecule has 1 aromatic carbocycles. The number of hydrogen-bond donors (Lipinski definition) is 2. The predicted octanol–water partition coefficient (Wildman–Crippen LogP) is 2.86. The summed E-state index contributed by atoms with van der Waals surface area (Å²) >= 11 is 0. The van der Waals surface area contributed by atoms with Crippen molar-refractivity contribution in [2.75, 3.05) is 19.4 Å². The fourth-order valence-corrected chi connectivity index (χ4v) is 3.21. The maximum atomic E-state index is 13.9. The van der Waals surface area contributed by atoms with Crippen LogP contribution in [0.2, 0.25) is 0 Å². The largest absolute Gasteiger partial charge is 0.478 e. The molecule has 8 nitrogen and oxygen atoms in total. The molecule has 9 heteroatoms. The van der Waals surface area contributed by atoms with E-state index in [0.29, 0.717) is 24.2 Å². The molecular weight excluding hydrogens is 355 g/mol. The van der Waals surface area contributed by atoms with Gasteiger partial charge in [0.05, 0.1) is 30.6 Å². The molecule has 1 unspecified atom stereocenters. The van der Waals surface area contributed by atoms with Crippen molar-refractivity contribution in [2.45, 2.75) is 25.3 Å². The van der Waals surface area contributed by atoms with Crippen LogP contribution in [-0.2, 0) is 4.74 Å². The summed E-state index contributed by atoms with van der Waals surface area (Å²) in [5.41, 5.74) is 6.68. The van der Waals surface area contributed by atoms with Gasteiger partial charge in [0, 0.05) is 12.1 Å². The highest BCUT2D eigenvalue weighted by Gasteiger charge is 2.30. The lowest BCUT2D eigenvalue weighted by Crippen LogP contribution is -2.38. The number of nitrogen functional groups attached to an aromatic ring is 1. The van der Waals surface area contributed by atoms with Crippen LogP contribution >= 0.6 is 0 Å². The number of hydrogen-bond acceptors (Lipinski definition) is 6. The molecule has 0 spiro atoms. The molecule has 2 heterocycles. The van der Waals surface area contributed by atoms with E-state index in [0.717, 1.165) is 25.0 Å². The molecule has 27 heavy (non-hydrogen) atoms. The number of carbonyl (C=O) groups is 2. The Morgan fingerprint density at radius 2 is 2.15 bits per heavy atom. The van der Waals surface area contributed by atoms with E-state index < -0.39 is 23.4 Å². The Morgan fingerprint density at radius 3 is 2.78 bits per heavy atom. The Balaban J connectivity index is 1.93. The van der Waals surface area contributed by atoms with Crippen LogP contribution in [0.4, 0.5) is 15.0 Å². The van der Waals surface area contributed by atoms with Crippen LogP contribution in [0.3, 0.4) is 0 Å². The van der Waals surface area contributed by atoms with Crippen molar-refractivity contribution in [1.29, 1.82) is 0 Å². The molecule has 142 valence electrons. The number of rotatable bonds is 3. The molecular formula is C18H19FN4O4. The third-order valence-corrected chi connectivity index (χ3v) is 4.54. The highest BCUT2D eigenvalue weighted by atomic mass is 19.1. The quantitative estimate of drug-likeness (QED) is 0.848. The molecule has 3 rings (SSSR count). The molecule has 3 N–H and O–H groups in total. The SMILES string of the molecule is COC(=O)N1CCCCC1c1cnc(-c2ccc(C(=O)O)c(F)c2)c(N)n1. The van der Waals surface area contributed by atoms with Gasteiger partial charge in [-0.3, -0.25) is 9.88 Å². The minimum absolute atomic E-state index is 0.0744. The van der Waals surface area contributed by atoms with Gasteiger partial charge < -0.3 is 15.6 Å². The number of nitrogens with two attached hydrogens (primary N) is 1. The van der Waals surface area contributed by atoms with Crippen molar-refractivity contribution in [2.24, 2.45) is 0 Å². The first-order chi connectivity index (χ1) is 12.9. The fourth-order valence-electron chi connectivity index (χ4n) is 3.21. The Labute approximate surface area is 154 Å². The summed E-state index contributed by atoms with van der Waals surface area (Å²) < 4.78 is 18.8. The van der Waals surface area contributed by atoms with E-state index in [1.807, 2.05) is 0 Å². The number of anilines is 1. The third kappa shape index (κ3) is 3.67. The number of nitrogens with zero attached hydrogens (tertiary/aromatic N) is 3. The van der Waals surface area contributed by atoms with Gasteiger partial charge in [-0.2, -0.15) is 0 Å². The van der Waals surface area contributed by atoms with Gasteiger partial charge in [-0.05, 0) is 31.4 Å². The Bertz CT molecular complexity index is 890. The number of aromatic nitrogens is 2. The number of carboxylic acids is 1. The fraction of sp³-hybridized carbons (Fsp3) is 0.333. The van der Waals surface area contributed by atoms with Gasteiger partial charge in [0.1, 0.15) is 17.3 Å². The van der Waals surface area contributed by atoms with Gasteiger partial charge in [-0.25, -0.2) is 19.0 Å². The smallest absolute Gasteiger partial charge is 0.410 e. The van der Waals surface area contributed by atoms with E-state index >= 15 is 0 Å². The van der Waals surface area contributed by atoms with E-state index in [4.69, 9.17) is 15.6 Å². The van der Waals surface area contributed by atoms with Gasteiger partial charge in [0.2, 0.25) is 0 Å². The number of piperidine rings is 1. The molecule has 1 amide bonds. The number of carbonyl (C=O) groups excluding carboxylic acids is 1. The lowest BCUT2D eigenvalue weighted by molar-refractivity contribution is 0.0691. The van der Waals surface area contributed by atoms with Crippen LogP contribution in [-0.4, -0.2) is 45.7 Å². The topological polar surface area (TPSA) is 119 Å². The average molecular weight is 374 g/mol. The van der Waals surface area contributed by atoms with Crippen LogP contribution in [0, 0.1) is 5.82 Å². The number of aromatic carboxylic acids is 1. The molecule has 2 aromatic rings. The van der Waals surface area contributed by atoms with Gasteiger partial charge in [-0.1, -0.05) is 6.07 Å². The first-order valence-electron chi connectivity index (χ1n) is 8.42. The van der Waals surface area contributed by atoms with Crippen LogP contribution in [0.15, 0.2) is 24.4 Å². The van der Waals surface area contributed by atoms with Crippen molar-refractivity contribution in [3.8, 4) is 11.3 Å². The first-order valence-corrected chi connectivity index (χ1v) is 8.42. The number of ether oxygens (including phenoxy) is 1. The van der Waals surface area contributed by atoms with Crippen molar-refractivity contribution < 1.29 is 23.8 Å². The van der Waals surface area contributed by atoms with Crippen molar-refractivity contribution in [3.63, 3.8) is 0 Å². The number of amides is 1. The molecule has 0 saturated carbocycles. The second-order valence-corrected chi connectivity index (χ2v) is 6.20. The van der Waals surface area contributed by atoms with Gasteiger partial charge >= 0.3 is 12.1 Å². The molecule has 0 bridgehead atoms. The van der Waals surface area contributed by atoms with Gasteiger partial charge in [-0.15, -0.1) is 0 Å². The maximum absolute atomic E-state index is 13.9. The summed E-state index contributed by atoms with van der Waals surface area (Å²) in [7, 11) is 1.33. The summed E-state index contributed by atoms with van der Waals surface area (Å²) in [6.45, 7) is 0.558. The molecule has 1 fully saturated rings. The standard InChI is InChI=1S/C18H19FN4O4/c1-27-18(26)23-7-3-2-4-14(23)13-9-21-15(16(20)22-13)10-5-6-11(17(24)25)12(19)8-10/h5-6,8-9,14H,2-4,7H2,1H3,(H2,20,22)(H,24,25). The summed E-state index contributed by atoms with van der Waals surface area (Å²) in [6, 6.07) is 3.35. The number of halogens is 1. The minimum atomic E-state index is -1.35.